The topological polar surface area (TPSA) is 32.3 Å². The fourth-order valence-electron chi connectivity index (χ4n) is 2.73. The molecular weight excluding hydrogens is 279 g/mol. The van der Waals surface area contributed by atoms with E-state index in [0.29, 0.717) is 12.5 Å². The molecule has 0 aliphatic carbocycles. The molecule has 0 bridgehead atoms. The van der Waals surface area contributed by atoms with Crippen molar-refractivity contribution in [3.63, 3.8) is 0 Å². The van der Waals surface area contributed by atoms with Crippen LogP contribution < -0.4 is 5.32 Å². The second-order valence-corrected chi connectivity index (χ2v) is 6.68. The number of likely N-dealkylation sites (tertiary alicyclic amines) is 1. The molecule has 1 amide bonds. The lowest BCUT2D eigenvalue weighted by atomic mass is 9.94. The van der Waals surface area contributed by atoms with Crippen LogP contribution in [0.5, 0.6) is 0 Å². The third kappa shape index (κ3) is 4.54. The summed E-state index contributed by atoms with van der Waals surface area (Å²) in [5.74, 6) is 0.572. The molecule has 22 heavy (non-hydrogen) atoms. The van der Waals surface area contributed by atoms with Gasteiger partial charge < -0.3 is 5.32 Å². The van der Waals surface area contributed by atoms with Crippen LogP contribution in [0.25, 0.3) is 0 Å². The molecule has 1 fully saturated rings. The van der Waals surface area contributed by atoms with Gasteiger partial charge in [0.2, 0.25) is 5.91 Å². The summed E-state index contributed by atoms with van der Waals surface area (Å²) >= 11 is 0. The van der Waals surface area contributed by atoms with Crippen molar-refractivity contribution >= 4 is 5.91 Å². The first-order valence-electron chi connectivity index (χ1n) is 8.23. The normalized spacial score (nSPS) is 18.4. The Balaban J connectivity index is 1.80. The molecule has 0 spiro atoms. The molecule has 1 aromatic carbocycles. The van der Waals surface area contributed by atoms with Crippen molar-refractivity contribution in [2.75, 3.05) is 13.1 Å². The zero-order valence-electron chi connectivity index (χ0n) is 13.8. The summed E-state index contributed by atoms with van der Waals surface area (Å²) < 4.78 is 13.7. The van der Waals surface area contributed by atoms with Gasteiger partial charge >= 0.3 is 0 Å². The first-order chi connectivity index (χ1) is 10.5. The number of amides is 1. The van der Waals surface area contributed by atoms with Gasteiger partial charge in [0.05, 0.1) is 0 Å². The molecule has 0 saturated carbocycles. The van der Waals surface area contributed by atoms with Gasteiger partial charge in [0.15, 0.2) is 0 Å². The number of hydrogen-bond donors (Lipinski definition) is 1. The van der Waals surface area contributed by atoms with Crippen molar-refractivity contribution in [3.8, 4) is 0 Å². The van der Waals surface area contributed by atoms with Crippen LogP contribution in [0.15, 0.2) is 24.3 Å². The molecular formula is C18H27FN2O. The van der Waals surface area contributed by atoms with Gasteiger partial charge in [0.1, 0.15) is 5.82 Å². The van der Waals surface area contributed by atoms with Gasteiger partial charge in [-0.05, 0) is 44.8 Å². The summed E-state index contributed by atoms with van der Waals surface area (Å²) in [5.41, 5.74) is 0.735. The smallest absolute Gasteiger partial charge is 0.223 e. The minimum absolute atomic E-state index is 0.0954. The largest absolute Gasteiger partial charge is 0.353 e. The number of piperidine rings is 1. The molecule has 122 valence electrons. The van der Waals surface area contributed by atoms with Crippen LogP contribution in [-0.4, -0.2) is 29.9 Å². The van der Waals surface area contributed by atoms with Gasteiger partial charge in [-0.15, -0.1) is 0 Å². The predicted octanol–water partition coefficient (Wildman–Crippen LogP) is 3.20. The second kappa shape index (κ2) is 7.73. The van der Waals surface area contributed by atoms with Gasteiger partial charge in [-0.1, -0.05) is 32.0 Å². The van der Waals surface area contributed by atoms with Crippen molar-refractivity contribution in [2.24, 2.45) is 11.8 Å². The van der Waals surface area contributed by atoms with Crippen LogP contribution in [0.1, 0.15) is 39.2 Å². The van der Waals surface area contributed by atoms with Gasteiger partial charge in [-0.25, -0.2) is 4.39 Å². The van der Waals surface area contributed by atoms with E-state index in [1.165, 1.54) is 6.07 Å². The van der Waals surface area contributed by atoms with E-state index in [9.17, 15) is 9.18 Å². The maximum Gasteiger partial charge on any atom is 0.223 e. The summed E-state index contributed by atoms with van der Waals surface area (Å²) in [7, 11) is 0. The van der Waals surface area contributed by atoms with Crippen molar-refractivity contribution < 1.29 is 9.18 Å². The van der Waals surface area contributed by atoms with E-state index in [2.05, 4.69) is 31.0 Å². The van der Waals surface area contributed by atoms with E-state index < -0.39 is 0 Å². The summed E-state index contributed by atoms with van der Waals surface area (Å²) in [5, 5.41) is 3.11. The van der Waals surface area contributed by atoms with Gasteiger partial charge in [-0.3, -0.25) is 9.69 Å². The number of benzene rings is 1. The van der Waals surface area contributed by atoms with Crippen LogP contribution in [0, 0.1) is 17.7 Å². The first kappa shape index (κ1) is 16.9. The molecule has 4 heteroatoms. The third-order valence-corrected chi connectivity index (χ3v) is 4.68. The Morgan fingerprint density at radius 2 is 1.91 bits per heavy atom. The van der Waals surface area contributed by atoms with Crippen molar-refractivity contribution in [2.45, 2.75) is 46.2 Å². The molecule has 1 aliphatic rings. The molecule has 1 unspecified atom stereocenters. The molecule has 1 aliphatic heterocycles. The number of carbonyl (C=O) groups excluding carboxylic acids is 1. The number of carbonyl (C=O) groups is 1. The van der Waals surface area contributed by atoms with Crippen LogP contribution in [0.3, 0.4) is 0 Å². The predicted molar refractivity (Wildman–Crippen MR) is 86.8 cm³/mol. The average Bonchev–Trinajstić information content (AvgIpc) is 2.50. The van der Waals surface area contributed by atoms with E-state index in [0.717, 1.165) is 31.5 Å². The standard InChI is InChI=1S/C18H27FN2O/c1-13(2)14(3)20-18(22)15-8-10-21(11-9-15)12-16-6-4-5-7-17(16)19/h4-7,13-15H,8-12H2,1-3H3,(H,20,22). The number of hydrogen-bond acceptors (Lipinski definition) is 2. The molecule has 3 nitrogen and oxygen atoms in total. The molecule has 0 aromatic heterocycles. The maximum absolute atomic E-state index is 13.7. The monoisotopic (exact) mass is 306 g/mol. The van der Waals surface area contributed by atoms with E-state index in [4.69, 9.17) is 0 Å². The molecule has 1 atom stereocenters. The van der Waals surface area contributed by atoms with Crippen LogP contribution in [0.4, 0.5) is 4.39 Å². The Morgan fingerprint density at radius 3 is 2.50 bits per heavy atom. The zero-order valence-corrected chi connectivity index (χ0v) is 13.8. The summed E-state index contributed by atoms with van der Waals surface area (Å²) in [6.07, 6.45) is 1.70. The van der Waals surface area contributed by atoms with Crippen molar-refractivity contribution in [1.82, 2.24) is 10.2 Å². The molecule has 1 N–H and O–H groups in total. The van der Waals surface area contributed by atoms with Crippen LogP contribution in [-0.2, 0) is 11.3 Å². The van der Waals surface area contributed by atoms with Gasteiger partial charge in [0.25, 0.3) is 0 Å². The Kier molecular flexibility index (Phi) is 5.95. The average molecular weight is 306 g/mol. The number of nitrogens with zero attached hydrogens (tertiary/aromatic N) is 1. The highest BCUT2D eigenvalue weighted by atomic mass is 19.1. The van der Waals surface area contributed by atoms with E-state index in [-0.39, 0.29) is 23.7 Å². The van der Waals surface area contributed by atoms with Crippen LogP contribution >= 0.6 is 0 Å². The Morgan fingerprint density at radius 1 is 1.27 bits per heavy atom. The number of rotatable bonds is 5. The van der Waals surface area contributed by atoms with Crippen molar-refractivity contribution in [3.05, 3.63) is 35.6 Å². The SMILES string of the molecule is CC(C)C(C)NC(=O)C1CCN(Cc2ccccc2F)CC1. The molecule has 1 aromatic rings. The Hall–Kier alpha value is -1.42. The molecule has 1 saturated heterocycles. The summed E-state index contributed by atoms with van der Waals surface area (Å²) in [4.78, 5) is 14.5. The Labute approximate surface area is 132 Å². The third-order valence-electron chi connectivity index (χ3n) is 4.68. The lowest BCUT2D eigenvalue weighted by Crippen LogP contribution is -2.44. The fraction of sp³-hybridized carbons (Fsp3) is 0.611. The quantitative estimate of drug-likeness (QED) is 0.906. The van der Waals surface area contributed by atoms with Gasteiger partial charge in [0, 0.05) is 24.1 Å². The summed E-state index contributed by atoms with van der Waals surface area (Å²) in [6.45, 7) is 8.61. The molecule has 0 radical (unpaired) electrons. The summed E-state index contributed by atoms with van der Waals surface area (Å²) in [6, 6.07) is 7.13. The minimum atomic E-state index is -0.145. The minimum Gasteiger partial charge on any atom is -0.353 e. The van der Waals surface area contributed by atoms with Crippen molar-refractivity contribution in [1.29, 1.82) is 0 Å². The Bertz CT molecular complexity index is 496. The fourth-order valence-corrected chi connectivity index (χ4v) is 2.73. The highest BCUT2D eigenvalue weighted by molar-refractivity contribution is 5.79. The molecule has 1 heterocycles. The highest BCUT2D eigenvalue weighted by Gasteiger charge is 2.26. The second-order valence-electron chi connectivity index (χ2n) is 6.68. The van der Waals surface area contributed by atoms with Gasteiger partial charge in [-0.2, -0.15) is 0 Å². The lowest BCUT2D eigenvalue weighted by Gasteiger charge is -2.32. The van der Waals surface area contributed by atoms with E-state index in [1.54, 1.807) is 6.07 Å². The lowest BCUT2D eigenvalue weighted by molar-refractivity contribution is -0.127. The maximum atomic E-state index is 13.7. The first-order valence-corrected chi connectivity index (χ1v) is 8.23. The highest BCUT2D eigenvalue weighted by Crippen LogP contribution is 2.20. The number of halogens is 1. The van der Waals surface area contributed by atoms with E-state index in [1.807, 2.05) is 12.1 Å². The number of nitrogens with one attached hydrogen (secondary N) is 1. The molecule has 2 rings (SSSR count). The van der Waals surface area contributed by atoms with Crippen LogP contribution in [0.2, 0.25) is 0 Å². The van der Waals surface area contributed by atoms with E-state index >= 15 is 0 Å². The zero-order chi connectivity index (χ0) is 16.1.